The molecule has 0 bridgehead atoms. The summed E-state index contributed by atoms with van der Waals surface area (Å²) in [6.07, 6.45) is 7.00. The first-order chi connectivity index (χ1) is 10.1. The molecule has 2 saturated carbocycles. The van der Waals surface area contributed by atoms with E-state index in [0.717, 1.165) is 58.0 Å². The largest absolute Gasteiger partial charge is 0.481 e. The molecule has 1 saturated heterocycles. The Labute approximate surface area is 125 Å². The molecule has 1 amide bonds. The van der Waals surface area contributed by atoms with E-state index in [2.05, 4.69) is 10.6 Å². The Bertz CT molecular complexity index is 418. The van der Waals surface area contributed by atoms with E-state index in [1.54, 1.807) is 0 Å². The van der Waals surface area contributed by atoms with Crippen molar-refractivity contribution in [3.05, 3.63) is 0 Å². The lowest BCUT2D eigenvalue weighted by atomic mass is 9.79. The third-order valence-corrected chi connectivity index (χ3v) is 5.87. The van der Waals surface area contributed by atoms with Gasteiger partial charge in [0.25, 0.3) is 0 Å². The van der Waals surface area contributed by atoms with Crippen molar-refractivity contribution in [2.75, 3.05) is 19.6 Å². The number of amides is 1. The Morgan fingerprint density at radius 2 is 1.90 bits per heavy atom. The van der Waals surface area contributed by atoms with E-state index in [-0.39, 0.29) is 29.1 Å². The number of hydrogen-bond acceptors (Lipinski definition) is 3. The Morgan fingerprint density at radius 1 is 1.19 bits per heavy atom. The van der Waals surface area contributed by atoms with Gasteiger partial charge >= 0.3 is 5.97 Å². The quantitative estimate of drug-likeness (QED) is 0.732. The van der Waals surface area contributed by atoms with Crippen molar-refractivity contribution in [2.45, 2.75) is 44.9 Å². The van der Waals surface area contributed by atoms with Crippen molar-refractivity contribution in [3.63, 3.8) is 0 Å². The maximum absolute atomic E-state index is 12.3. The Kier molecular flexibility index (Phi) is 4.20. The van der Waals surface area contributed by atoms with Crippen molar-refractivity contribution >= 4 is 11.9 Å². The van der Waals surface area contributed by atoms with Gasteiger partial charge in [-0.05, 0) is 56.5 Å². The molecule has 0 aromatic rings. The second-order valence-electron chi connectivity index (χ2n) is 7.10. The first-order valence-corrected chi connectivity index (χ1v) is 8.34. The van der Waals surface area contributed by atoms with Crippen molar-refractivity contribution in [2.24, 2.45) is 23.2 Å². The molecule has 0 radical (unpaired) electrons. The minimum Gasteiger partial charge on any atom is -0.481 e. The molecule has 21 heavy (non-hydrogen) atoms. The average molecular weight is 294 g/mol. The number of hydrogen-bond donors (Lipinski definition) is 3. The summed E-state index contributed by atoms with van der Waals surface area (Å²) in [6.45, 7) is 2.58. The van der Waals surface area contributed by atoms with Gasteiger partial charge in [-0.3, -0.25) is 9.59 Å². The van der Waals surface area contributed by atoms with Crippen LogP contribution in [0.1, 0.15) is 44.9 Å². The standard InChI is InChI=1S/C16H26N2O3/c19-14(13-9-16(13)5-7-17-8-6-16)18-10-11-3-1-2-4-12(11)15(20)21/h11-13,17H,1-10H2,(H,18,19)(H,20,21). The Morgan fingerprint density at radius 3 is 2.62 bits per heavy atom. The van der Waals surface area contributed by atoms with Crippen LogP contribution < -0.4 is 10.6 Å². The number of piperidine rings is 1. The lowest BCUT2D eigenvalue weighted by Crippen LogP contribution is -2.39. The van der Waals surface area contributed by atoms with E-state index in [9.17, 15) is 14.7 Å². The number of aliphatic carboxylic acids is 1. The highest BCUT2D eigenvalue weighted by atomic mass is 16.4. The van der Waals surface area contributed by atoms with Gasteiger partial charge in [0.1, 0.15) is 0 Å². The summed E-state index contributed by atoms with van der Waals surface area (Å²) in [5.74, 6) is -0.526. The molecule has 3 unspecified atom stereocenters. The number of carbonyl (C=O) groups is 2. The number of nitrogens with one attached hydrogen (secondary N) is 2. The maximum atomic E-state index is 12.3. The highest BCUT2D eigenvalue weighted by Crippen LogP contribution is 2.58. The monoisotopic (exact) mass is 294 g/mol. The summed E-state index contributed by atoms with van der Waals surface area (Å²) in [4.78, 5) is 23.6. The van der Waals surface area contributed by atoms with Crippen LogP contribution in [0.25, 0.3) is 0 Å². The van der Waals surface area contributed by atoms with Gasteiger partial charge in [-0.25, -0.2) is 0 Å². The number of rotatable bonds is 4. The van der Waals surface area contributed by atoms with Gasteiger partial charge in [-0.15, -0.1) is 0 Å². The van der Waals surface area contributed by atoms with E-state index in [1.807, 2.05) is 0 Å². The van der Waals surface area contributed by atoms with Crippen LogP contribution in [0.3, 0.4) is 0 Å². The molecule has 1 heterocycles. The molecule has 3 aliphatic rings. The highest BCUT2D eigenvalue weighted by molar-refractivity contribution is 5.82. The zero-order chi connectivity index (χ0) is 14.9. The van der Waals surface area contributed by atoms with Crippen molar-refractivity contribution in [3.8, 4) is 0 Å². The fourth-order valence-electron chi connectivity index (χ4n) is 4.33. The van der Waals surface area contributed by atoms with Gasteiger partial charge < -0.3 is 15.7 Å². The predicted octanol–water partition coefficient (Wildman–Crippen LogP) is 1.38. The molecule has 3 atom stereocenters. The van der Waals surface area contributed by atoms with Crippen LogP contribution >= 0.6 is 0 Å². The average Bonchev–Trinajstić information content (AvgIpc) is 3.19. The zero-order valence-electron chi connectivity index (χ0n) is 12.6. The normalized spacial score (nSPS) is 34.4. The summed E-state index contributed by atoms with van der Waals surface area (Å²) in [6, 6.07) is 0. The van der Waals surface area contributed by atoms with Crippen LogP contribution in [0.2, 0.25) is 0 Å². The second kappa shape index (κ2) is 5.95. The fourth-order valence-corrected chi connectivity index (χ4v) is 4.33. The van der Waals surface area contributed by atoms with Crippen molar-refractivity contribution < 1.29 is 14.7 Å². The van der Waals surface area contributed by atoms with Crippen LogP contribution in [0, 0.1) is 23.2 Å². The second-order valence-corrected chi connectivity index (χ2v) is 7.10. The molecule has 1 spiro atoms. The van der Waals surface area contributed by atoms with E-state index in [4.69, 9.17) is 0 Å². The molecule has 2 aliphatic carbocycles. The van der Waals surface area contributed by atoms with E-state index < -0.39 is 5.97 Å². The van der Waals surface area contributed by atoms with Gasteiger partial charge in [0.15, 0.2) is 0 Å². The number of carboxylic acids is 1. The van der Waals surface area contributed by atoms with E-state index in [1.165, 1.54) is 0 Å². The fraction of sp³-hybridized carbons (Fsp3) is 0.875. The lowest BCUT2D eigenvalue weighted by molar-refractivity contribution is -0.145. The number of carboxylic acid groups (broad SMARTS) is 1. The molecule has 0 aromatic carbocycles. The first kappa shape index (κ1) is 14.8. The number of carbonyl (C=O) groups excluding carboxylic acids is 1. The van der Waals surface area contributed by atoms with Gasteiger partial charge in [0.05, 0.1) is 5.92 Å². The maximum Gasteiger partial charge on any atom is 0.306 e. The molecule has 3 rings (SSSR count). The molecule has 1 aliphatic heterocycles. The van der Waals surface area contributed by atoms with E-state index in [0.29, 0.717) is 6.54 Å². The van der Waals surface area contributed by atoms with E-state index >= 15 is 0 Å². The SMILES string of the molecule is O=C(O)C1CCCCC1CNC(=O)C1CC12CCNCC2. The van der Waals surface area contributed by atoms with Gasteiger partial charge in [-0.1, -0.05) is 12.8 Å². The molecular formula is C16H26N2O3. The van der Waals surface area contributed by atoms with Crippen molar-refractivity contribution in [1.29, 1.82) is 0 Å². The molecular weight excluding hydrogens is 268 g/mol. The topological polar surface area (TPSA) is 78.4 Å². The molecule has 3 fully saturated rings. The lowest BCUT2D eigenvalue weighted by Gasteiger charge is -2.29. The third-order valence-electron chi connectivity index (χ3n) is 5.87. The van der Waals surface area contributed by atoms with Crippen LogP contribution in [0.15, 0.2) is 0 Å². The van der Waals surface area contributed by atoms with Gasteiger partial charge in [-0.2, -0.15) is 0 Å². The molecule has 118 valence electrons. The highest BCUT2D eigenvalue weighted by Gasteiger charge is 2.57. The third kappa shape index (κ3) is 3.07. The molecule has 5 heteroatoms. The smallest absolute Gasteiger partial charge is 0.306 e. The summed E-state index contributed by atoms with van der Waals surface area (Å²) in [7, 11) is 0. The van der Waals surface area contributed by atoms with Crippen molar-refractivity contribution in [1.82, 2.24) is 10.6 Å². The van der Waals surface area contributed by atoms with Crippen LogP contribution in [-0.4, -0.2) is 36.6 Å². The summed E-state index contributed by atoms with van der Waals surface area (Å²) in [5.41, 5.74) is 0.258. The minimum atomic E-state index is -0.699. The minimum absolute atomic E-state index is 0.114. The summed E-state index contributed by atoms with van der Waals surface area (Å²) >= 11 is 0. The van der Waals surface area contributed by atoms with Crippen LogP contribution in [0.5, 0.6) is 0 Å². The Hall–Kier alpha value is -1.10. The predicted molar refractivity (Wildman–Crippen MR) is 78.7 cm³/mol. The van der Waals surface area contributed by atoms with Crippen LogP contribution in [-0.2, 0) is 9.59 Å². The summed E-state index contributed by atoms with van der Waals surface area (Å²) < 4.78 is 0. The van der Waals surface area contributed by atoms with Gasteiger partial charge in [0.2, 0.25) is 5.91 Å². The molecule has 5 nitrogen and oxygen atoms in total. The molecule has 3 N–H and O–H groups in total. The summed E-state index contributed by atoms with van der Waals surface area (Å²) in [5, 5.41) is 15.7. The molecule has 0 aromatic heterocycles. The van der Waals surface area contributed by atoms with Gasteiger partial charge in [0, 0.05) is 12.5 Å². The first-order valence-electron chi connectivity index (χ1n) is 8.34. The zero-order valence-corrected chi connectivity index (χ0v) is 12.6. The van der Waals surface area contributed by atoms with Crippen LogP contribution in [0.4, 0.5) is 0 Å². The Balaban J connectivity index is 1.48.